The summed E-state index contributed by atoms with van der Waals surface area (Å²) < 4.78 is 12.0. The molecule has 0 saturated heterocycles. The number of hydrogen-bond acceptors (Lipinski definition) is 5. The number of rotatable bonds is 17. The van der Waals surface area contributed by atoms with E-state index >= 15 is 0 Å². The van der Waals surface area contributed by atoms with Crippen molar-refractivity contribution in [2.75, 3.05) is 19.7 Å². The summed E-state index contributed by atoms with van der Waals surface area (Å²) in [4.78, 5) is 15.0. The number of aliphatic hydroxyl groups is 1. The maximum absolute atomic E-state index is 12.7. The predicted molar refractivity (Wildman–Crippen MR) is 179 cm³/mol. The van der Waals surface area contributed by atoms with E-state index in [2.05, 4.69) is 59.5 Å². The van der Waals surface area contributed by atoms with Gasteiger partial charge in [0, 0.05) is 30.8 Å². The molecule has 1 heterocycles. The van der Waals surface area contributed by atoms with Crippen LogP contribution >= 0.6 is 0 Å². The summed E-state index contributed by atoms with van der Waals surface area (Å²) in [6.45, 7) is 2.39. The fourth-order valence-corrected chi connectivity index (χ4v) is 5.61. The molecule has 1 unspecified atom stereocenters. The summed E-state index contributed by atoms with van der Waals surface area (Å²) in [6.07, 6.45) is 7.81. The molecule has 44 heavy (non-hydrogen) atoms. The Kier molecular flexibility index (Phi) is 11.8. The SMILES string of the molecule is O=c1cc(-c2ccccc2)oc2cc(OCC(O)CN(CCCCCCCCc3ccccc3)Cc3ccccc3)ccc12. The molecule has 228 valence electrons. The van der Waals surface area contributed by atoms with Gasteiger partial charge in [0.2, 0.25) is 0 Å². The first-order chi connectivity index (χ1) is 21.6. The van der Waals surface area contributed by atoms with E-state index in [4.69, 9.17) is 9.15 Å². The van der Waals surface area contributed by atoms with Crippen LogP contribution in [0.3, 0.4) is 0 Å². The molecule has 0 aliphatic carbocycles. The lowest BCUT2D eigenvalue weighted by atomic mass is 10.0. The van der Waals surface area contributed by atoms with Crippen molar-refractivity contribution in [3.8, 4) is 17.1 Å². The van der Waals surface area contributed by atoms with Crippen molar-refractivity contribution in [2.24, 2.45) is 0 Å². The van der Waals surface area contributed by atoms with Gasteiger partial charge in [-0.3, -0.25) is 9.69 Å². The van der Waals surface area contributed by atoms with Gasteiger partial charge in [0.25, 0.3) is 0 Å². The van der Waals surface area contributed by atoms with Crippen LogP contribution in [0.4, 0.5) is 0 Å². The highest BCUT2D eigenvalue weighted by molar-refractivity contribution is 5.80. The van der Waals surface area contributed by atoms with Crippen LogP contribution < -0.4 is 10.2 Å². The summed E-state index contributed by atoms with van der Waals surface area (Å²) in [5, 5.41) is 11.5. The fourth-order valence-electron chi connectivity index (χ4n) is 5.61. The zero-order chi connectivity index (χ0) is 30.4. The molecular formula is C39H43NO4. The highest BCUT2D eigenvalue weighted by atomic mass is 16.5. The van der Waals surface area contributed by atoms with Crippen molar-refractivity contribution in [1.29, 1.82) is 0 Å². The van der Waals surface area contributed by atoms with Gasteiger partial charge in [0.05, 0.1) is 5.39 Å². The lowest BCUT2D eigenvalue weighted by Gasteiger charge is -2.25. The van der Waals surface area contributed by atoms with E-state index in [1.165, 1.54) is 49.3 Å². The Morgan fingerprint density at radius 2 is 1.34 bits per heavy atom. The highest BCUT2D eigenvalue weighted by Crippen LogP contribution is 2.25. The predicted octanol–water partition coefficient (Wildman–Crippen LogP) is 8.29. The molecule has 0 saturated carbocycles. The Morgan fingerprint density at radius 1 is 0.705 bits per heavy atom. The summed E-state index contributed by atoms with van der Waals surface area (Å²) in [6, 6.07) is 37.5. The Hall–Kier alpha value is -4.19. The van der Waals surface area contributed by atoms with E-state index < -0.39 is 6.10 Å². The number of aliphatic hydroxyl groups excluding tert-OH is 1. The molecule has 1 atom stereocenters. The van der Waals surface area contributed by atoms with E-state index in [9.17, 15) is 9.90 Å². The van der Waals surface area contributed by atoms with Gasteiger partial charge in [-0.15, -0.1) is 0 Å². The monoisotopic (exact) mass is 589 g/mol. The molecule has 0 amide bonds. The van der Waals surface area contributed by atoms with Crippen molar-refractivity contribution >= 4 is 11.0 Å². The Bertz CT molecular complexity index is 1600. The molecule has 0 aliphatic heterocycles. The molecule has 5 aromatic rings. The minimum Gasteiger partial charge on any atom is -0.491 e. The third-order valence-corrected chi connectivity index (χ3v) is 7.95. The Morgan fingerprint density at radius 3 is 2.07 bits per heavy atom. The zero-order valence-electron chi connectivity index (χ0n) is 25.4. The van der Waals surface area contributed by atoms with Gasteiger partial charge in [-0.2, -0.15) is 0 Å². The molecule has 5 rings (SSSR count). The number of hydrogen-bond donors (Lipinski definition) is 1. The maximum Gasteiger partial charge on any atom is 0.193 e. The minimum atomic E-state index is -0.657. The van der Waals surface area contributed by atoms with Gasteiger partial charge in [-0.05, 0) is 49.1 Å². The molecule has 4 aromatic carbocycles. The van der Waals surface area contributed by atoms with Crippen LogP contribution in [0.1, 0.15) is 49.7 Å². The molecule has 5 heteroatoms. The van der Waals surface area contributed by atoms with Crippen molar-refractivity contribution in [3.05, 3.63) is 137 Å². The third-order valence-electron chi connectivity index (χ3n) is 7.95. The molecule has 0 bridgehead atoms. The van der Waals surface area contributed by atoms with E-state index in [-0.39, 0.29) is 12.0 Å². The minimum absolute atomic E-state index is 0.0968. The number of aryl methyl sites for hydroxylation is 1. The summed E-state index contributed by atoms with van der Waals surface area (Å²) >= 11 is 0. The highest BCUT2D eigenvalue weighted by Gasteiger charge is 2.14. The van der Waals surface area contributed by atoms with Gasteiger partial charge in [0.1, 0.15) is 29.8 Å². The maximum atomic E-state index is 12.7. The molecule has 1 N–H and O–H groups in total. The first-order valence-corrected chi connectivity index (χ1v) is 15.9. The van der Waals surface area contributed by atoms with Crippen LogP contribution in [0, 0.1) is 0 Å². The average molecular weight is 590 g/mol. The smallest absolute Gasteiger partial charge is 0.193 e. The third kappa shape index (κ3) is 9.66. The quantitative estimate of drug-likeness (QED) is 0.111. The van der Waals surface area contributed by atoms with Gasteiger partial charge >= 0.3 is 0 Å². The molecule has 0 fully saturated rings. The lowest BCUT2D eigenvalue weighted by Crippen LogP contribution is -2.36. The summed E-state index contributed by atoms with van der Waals surface area (Å²) in [5.74, 6) is 1.08. The second-order valence-electron chi connectivity index (χ2n) is 11.5. The number of benzene rings is 4. The summed E-state index contributed by atoms with van der Waals surface area (Å²) in [5.41, 5.74) is 3.88. The molecule has 5 nitrogen and oxygen atoms in total. The van der Waals surface area contributed by atoms with Crippen LogP contribution in [0.15, 0.2) is 124 Å². The fraction of sp³-hybridized carbons (Fsp3) is 0.308. The number of fused-ring (bicyclic) bond motifs is 1. The van der Waals surface area contributed by atoms with Gasteiger partial charge in [-0.1, -0.05) is 117 Å². The van der Waals surface area contributed by atoms with Crippen molar-refractivity contribution in [3.63, 3.8) is 0 Å². The van der Waals surface area contributed by atoms with E-state index in [1.54, 1.807) is 18.2 Å². The lowest BCUT2D eigenvalue weighted by molar-refractivity contribution is 0.0649. The van der Waals surface area contributed by atoms with Crippen molar-refractivity contribution in [2.45, 2.75) is 57.6 Å². The number of nitrogens with zero attached hydrogens (tertiary/aromatic N) is 1. The molecule has 0 aliphatic rings. The Labute approximate surface area is 260 Å². The largest absolute Gasteiger partial charge is 0.491 e. The topological polar surface area (TPSA) is 62.9 Å². The average Bonchev–Trinajstić information content (AvgIpc) is 3.06. The van der Waals surface area contributed by atoms with E-state index in [0.717, 1.165) is 31.5 Å². The van der Waals surface area contributed by atoms with Crippen LogP contribution in [-0.4, -0.2) is 35.8 Å². The van der Waals surface area contributed by atoms with Crippen LogP contribution in [-0.2, 0) is 13.0 Å². The van der Waals surface area contributed by atoms with E-state index in [0.29, 0.717) is 29.0 Å². The van der Waals surface area contributed by atoms with Crippen molar-refractivity contribution in [1.82, 2.24) is 4.90 Å². The number of ether oxygens (including phenoxy) is 1. The van der Waals surface area contributed by atoms with Crippen LogP contribution in [0.2, 0.25) is 0 Å². The van der Waals surface area contributed by atoms with E-state index in [1.807, 2.05) is 36.4 Å². The normalized spacial score (nSPS) is 12.0. The van der Waals surface area contributed by atoms with Crippen LogP contribution in [0.25, 0.3) is 22.3 Å². The Balaban J connectivity index is 1.10. The first kappa shape index (κ1) is 31.2. The van der Waals surface area contributed by atoms with Gasteiger partial charge in [-0.25, -0.2) is 0 Å². The number of unbranched alkanes of at least 4 members (excludes halogenated alkanes) is 5. The second kappa shape index (κ2) is 16.6. The van der Waals surface area contributed by atoms with Crippen molar-refractivity contribution < 1.29 is 14.3 Å². The second-order valence-corrected chi connectivity index (χ2v) is 11.5. The van der Waals surface area contributed by atoms with Gasteiger partial charge < -0.3 is 14.3 Å². The molecule has 1 aromatic heterocycles. The molecule has 0 radical (unpaired) electrons. The van der Waals surface area contributed by atoms with Crippen LogP contribution in [0.5, 0.6) is 5.75 Å². The zero-order valence-corrected chi connectivity index (χ0v) is 25.4. The van der Waals surface area contributed by atoms with Gasteiger partial charge in [0.15, 0.2) is 5.43 Å². The first-order valence-electron chi connectivity index (χ1n) is 15.9. The standard InChI is InChI=1S/C39H43NO4/c41-34(30-43-35-23-24-36-37(42)27-38(44-39(36)26-35)33-21-13-7-14-22-33)29-40(28-32-19-11-6-12-20-32)25-15-4-2-1-3-8-16-31-17-9-5-10-18-31/h5-7,9-14,17-24,26-27,34,41H,1-4,8,15-16,25,28-30H2. The molecular weight excluding hydrogens is 546 g/mol. The molecule has 0 spiro atoms. The summed E-state index contributed by atoms with van der Waals surface area (Å²) in [7, 11) is 0.